The molecule has 0 aromatic heterocycles. The van der Waals surface area contributed by atoms with E-state index in [1.807, 2.05) is 20.8 Å². The number of nitrogens with zero attached hydrogens (tertiary/aromatic N) is 2. The summed E-state index contributed by atoms with van der Waals surface area (Å²) in [5.41, 5.74) is -0.461. The van der Waals surface area contributed by atoms with E-state index in [9.17, 15) is 9.90 Å². The van der Waals surface area contributed by atoms with Crippen molar-refractivity contribution in [2.45, 2.75) is 39.2 Å². The van der Waals surface area contributed by atoms with Gasteiger partial charge in [0, 0.05) is 39.3 Å². The predicted molar refractivity (Wildman–Crippen MR) is 96.3 cm³/mol. The molecule has 1 fully saturated rings. The summed E-state index contributed by atoms with van der Waals surface area (Å²) in [6, 6.07) is 0. The van der Waals surface area contributed by atoms with Crippen molar-refractivity contribution >= 4 is 6.09 Å². The standard InChI is InChI=1S/C17H36N4O3/c1-17(2,3)24-16(23)19-6-4-9-20(14-15-22)10-5-11-21-12-7-18-8-13-21/h18,22H,4-15H2,1-3H3,(H,19,23). The summed E-state index contributed by atoms with van der Waals surface area (Å²) in [4.78, 5) is 16.3. The lowest BCUT2D eigenvalue weighted by molar-refractivity contribution is 0.0525. The van der Waals surface area contributed by atoms with Crippen molar-refractivity contribution in [1.29, 1.82) is 0 Å². The number of aliphatic hydroxyl groups is 1. The minimum atomic E-state index is -0.461. The molecular weight excluding hydrogens is 308 g/mol. The van der Waals surface area contributed by atoms with Crippen LogP contribution in [0.2, 0.25) is 0 Å². The van der Waals surface area contributed by atoms with Crippen LogP contribution in [0.25, 0.3) is 0 Å². The van der Waals surface area contributed by atoms with Gasteiger partial charge in [-0.05, 0) is 53.2 Å². The second-order valence-corrected chi connectivity index (χ2v) is 7.29. The Morgan fingerprint density at radius 2 is 1.88 bits per heavy atom. The molecule has 0 aromatic carbocycles. The average molecular weight is 345 g/mol. The van der Waals surface area contributed by atoms with Gasteiger partial charge in [0.05, 0.1) is 6.61 Å². The molecule has 0 atom stereocenters. The highest BCUT2D eigenvalue weighted by Gasteiger charge is 2.15. The Bertz CT molecular complexity index is 341. The van der Waals surface area contributed by atoms with E-state index >= 15 is 0 Å². The van der Waals surface area contributed by atoms with E-state index in [1.165, 1.54) is 0 Å². The van der Waals surface area contributed by atoms with E-state index in [-0.39, 0.29) is 12.7 Å². The number of amides is 1. The first-order chi connectivity index (χ1) is 11.4. The number of piperazine rings is 1. The fourth-order valence-corrected chi connectivity index (χ4v) is 2.74. The number of carbonyl (C=O) groups excluding carboxylic acids is 1. The topological polar surface area (TPSA) is 77.1 Å². The Labute approximate surface area is 146 Å². The summed E-state index contributed by atoms with van der Waals surface area (Å²) in [6.45, 7) is 14.4. The first-order valence-corrected chi connectivity index (χ1v) is 9.14. The second-order valence-electron chi connectivity index (χ2n) is 7.29. The van der Waals surface area contributed by atoms with Crippen molar-refractivity contribution in [2.24, 2.45) is 0 Å². The summed E-state index contributed by atoms with van der Waals surface area (Å²) in [5, 5.41) is 15.3. The molecule has 7 nitrogen and oxygen atoms in total. The van der Waals surface area contributed by atoms with E-state index in [0.717, 1.165) is 58.7 Å². The number of carbonyl (C=O) groups is 1. The first kappa shape index (κ1) is 21.2. The molecule has 1 heterocycles. The van der Waals surface area contributed by atoms with Gasteiger partial charge in [0.25, 0.3) is 0 Å². The smallest absolute Gasteiger partial charge is 0.407 e. The minimum absolute atomic E-state index is 0.174. The third-order valence-electron chi connectivity index (χ3n) is 3.89. The van der Waals surface area contributed by atoms with E-state index in [1.54, 1.807) is 0 Å². The number of hydrogen-bond acceptors (Lipinski definition) is 6. The second kappa shape index (κ2) is 11.6. The van der Waals surface area contributed by atoms with E-state index in [0.29, 0.717) is 13.1 Å². The van der Waals surface area contributed by atoms with E-state index in [2.05, 4.69) is 20.4 Å². The van der Waals surface area contributed by atoms with Gasteiger partial charge < -0.3 is 30.3 Å². The zero-order valence-corrected chi connectivity index (χ0v) is 15.6. The molecule has 7 heteroatoms. The molecule has 1 amide bonds. The van der Waals surface area contributed by atoms with Gasteiger partial charge in [0.15, 0.2) is 0 Å². The summed E-state index contributed by atoms with van der Waals surface area (Å²) < 4.78 is 5.21. The van der Waals surface area contributed by atoms with Gasteiger partial charge in [0.1, 0.15) is 5.60 Å². The highest BCUT2D eigenvalue weighted by Crippen LogP contribution is 2.06. The van der Waals surface area contributed by atoms with Crippen molar-refractivity contribution in [1.82, 2.24) is 20.4 Å². The zero-order valence-electron chi connectivity index (χ0n) is 15.6. The number of nitrogens with one attached hydrogen (secondary N) is 2. The molecule has 0 aromatic rings. The van der Waals surface area contributed by atoms with Gasteiger partial charge in [-0.15, -0.1) is 0 Å². The molecule has 0 radical (unpaired) electrons. The lowest BCUT2D eigenvalue weighted by atomic mass is 10.2. The third-order valence-corrected chi connectivity index (χ3v) is 3.89. The fourth-order valence-electron chi connectivity index (χ4n) is 2.74. The molecule has 24 heavy (non-hydrogen) atoms. The number of ether oxygens (including phenoxy) is 1. The SMILES string of the molecule is CC(C)(C)OC(=O)NCCCN(CCO)CCCN1CCNCC1. The van der Waals surface area contributed by atoms with Crippen LogP contribution in [0.15, 0.2) is 0 Å². The van der Waals surface area contributed by atoms with Gasteiger partial charge in [0.2, 0.25) is 0 Å². The van der Waals surface area contributed by atoms with Crippen LogP contribution in [-0.2, 0) is 4.74 Å². The van der Waals surface area contributed by atoms with Crippen LogP contribution in [0.1, 0.15) is 33.6 Å². The highest BCUT2D eigenvalue weighted by molar-refractivity contribution is 5.67. The van der Waals surface area contributed by atoms with Crippen molar-refractivity contribution in [2.75, 3.05) is 65.5 Å². The van der Waals surface area contributed by atoms with Crippen molar-refractivity contribution in [3.05, 3.63) is 0 Å². The quantitative estimate of drug-likeness (QED) is 0.501. The summed E-state index contributed by atoms with van der Waals surface area (Å²) in [6.07, 6.45) is 1.60. The highest BCUT2D eigenvalue weighted by atomic mass is 16.6. The summed E-state index contributed by atoms with van der Waals surface area (Å²) in [7, 11) is 0. The van der Waals surface area contributed by atoms with Gasteiger partial charge in [-0.25, -0.2) is 4.79 Å². The van der Waals surface area contributed by atoms with Gasteiger partial charge >= 0.3 is 6.09 Å². The van der Waals surface area contributed by atoms with Crippen LogP contribution in [-0.4, -0.2) is 92.1 Å². The number of hydrogen-bond donors (Lipinski definition) is 3. The molecule has 0 saturated carbocycles. The first-order valence-electron chi connectivity index (χ1n) is 9.14. The molecule has 0 aliphatic carbocycles. The normalized spacial score (nSPS) is 16.4. The Hall–Kier alpha value is -0.890. The minimum Gasteiger partial charge on any atom is -0.444 e. The van der Waals surface area contributed by atoms with Crippen molar-refractivity contribution in [3.63, 3.8) is 0 Å². The predicted octanol–water partition coefficient (Wildman–Crippen LogP) is 0.491. The monoisotopic (exact) mass is 344 g/mol. The molecule has 142 valence electrons. The maximum Gasteiger partial charge on any atom is 0.407 e. The summed E-state index contributed by atoms with van der Waals surface area (Å²) >= 11 is 0. The van der Waals surface area contributed by atoms with Gasteiger partial charge in [-0.1, -0.05) is 0 Å². The molecule has 0 bridgehead atoms. The third kappa shape index (κ3) is 10.8. The molecule has 1 aliphatic rings. The van der Waals surface area contributed by atoms with Crippen molar-refractivity contribution in [3.8, 4) is 0 Å². The van der Waals surface area contributed by atoms with E-state index < -0.39 is 5.60 Å². The average Bonchev–Trinajstić information content (AvgIpc) is 2.51. The van der Waals surface area contributed by atoms with Crippen LogP contribution < -0.4 is 10.6 Å². The Balaban J connectivity index is 2.12. The van der Waals surface area contributed by atoms with Crippen LogP contribution in [0.3, 0.4) is 0 Å². The molecular formula is C17H36N4O3. The van der Waals surface area contributed by atoms with Gasteiger partial charge in [-0.3, -0.25) is 0 Å². The fraction of sp³-hybridized carbons (Fsp3) is 0.941. The lowest BCUT2D eigenvalue weighted by Gasteiger charge is -2.28. The Kier molecular flexibility index (Phi) is 10.2. The Morgan fingerprint density at radius 3 is 2.50 bits per heavy atom. The summed E-state index contributed by atoms with van der Waals surface area (Å²) in [5.74, 6) is 0. The number of aliphatic hydroxyl groups excluding tert-OH is 1. The zero-order chi connectivity index (χ0) is 17.8. The largest absolute Gasteiger partial charge is 0.444 e. The van der Waals surface area contributed by atoms with Gasteiger partial charge in [-0.2, -0.15) is 0 Å². The van der Waals surface area contributed by atoms with Crippen LogP contribution in [0, 0.1) is 0 Å². The van der Waals surface area contributed by atoms with E-state index in [4.69, 9.17) is 4.74 Å². The molecule has 0 spiro atoms. The molecule has 1 aliphatic heterocycles. The molecule has 1 saturated heterocycles. The van der Waals surface area contributed by atoms with Crippen molar-refractivity contribution < 1.29 is 14.6 Å². The van der Waals surface area contributed by atoms with Crippen LogP contribution >= 0.6 is 0 Å². The Morgan fingerprint density at radius 1 is 1.21 bits per heavy atom. The molecule has 1 rings (SSSR count). The number of alkyl carbamates (subject to hydrolysis) is 1. The molecule has 3 N–H and O–H groups in total. The lowest BCUT2D eigenvalue weighted by Crippen LogP contribution is -2.44. The maximum atomic E-state index is 11.6. The maximum absolute atomic E-state index is 11.6. The molecule has 0 unspecified atom stereocenters. The van der Waals surface area contributed by atoms with Crippen LogP contribution in [0.4, 0.5) is 4.79 Å². The number of rotatable bonds is 10. The van der Waals surface area contributed by atoms with Crippen LogP contribution in [0.5, 0.6) is 0 Å².